The summed E-state index contributed by atoms with van der Waals surface area (Å²) in [5, 5.41) is 3.05. The molecule has 0 unspecified atom stereocenters. The van der Waals surface area contributed by atoms with E-state index in [4.69, 9.17) is 0 Å². The minimum absolute atomic E-state index is 0.273. The van der Waals surface area contributed by atoms with Crippen LogP contribution in [0.1, 0.15) is 5.56 Å². The number of anilines is 2. The number of halogens is 1. The van der Waals surface area contributed by atoms with E-state index in [1.165, 1.54) is 6.07 Å². The van der Waals surface area contributed by atoms with Gasteiger partial charge in [0, 0.05) is 17.8 Å². The van der Waals surface area contributed by atoms with Crippen molar-refractivity contribution in [1.29, 1.82) is 0 Å². The maximum absolute atomic E-state index is 13.5. The van der Waals surface area contributed by atoms with E-state index in [0.717, 1.165) is 6.26 Å². The molecule has 2 N–H and O–H groups in total. The summed E-state index contributed by atoms with van der Waals surface area (Å²) in [7, 11) is -3.31. The Labute approximate surface area is 117 Å². The van der Waals surface area contributed by atoms with Crippen molar-refractivity contribution in [3.63, 3.8) is 0 Å². The average Bonchev–Trinajstić information content (AvgIpc) is 2.36. The molecule has 0 radical (unpaired) electrons. The summed E-state index contributed by atoms with van der Waals surface area (Å²) >= 11 is 0. The summed E-state index contributed by atoms with van der Waals surface area (Å²) in [6, 6.07) is 13.3. The number of rotatable bonds is 5. The van der Waals surface area contributed by atoms with Gasteiger partial charge >= 0.3 is 0 Å². The fourth-order valence-electron chi connectivity index (χ4n) is 1.75. The van der Waals surface area contributed by atoms with Gasteiger partial charge in [0.1, 0.15) is 5.82 Å². The van der Waals surface area contributed by atoms with Gasteiger partial charge in [-0.15, -0.1) is 0 Å². The Hall–Kier alpha value is -2.08. The minimum atomic E-state index is -3.31. The van der Waals surface area contributed by atoms with E-state index >= 15 is 0 Å². The highest BCUT2D eigenvalue weighted by molar-refractivity contribution is 7.92. The topological polar surface area (TPSA) is 58.2 Å². The van der Waals surface area contributed by atoms with E-state index in [1.54, 1.807) is 42.5 Å². The zero-order valence-electron chi connectivity index (χ0n) is 10.9. The molecular weight excluding hydrogens is 279 g/mol. The van der Waals surface area contributed by atoms with Crippen molar-refractivity contribution in [2.24, 2.45) is 0 Å². The fraction of sp³-hybridized carbons (Fsp3) is 0.143. The van der Waals surface area contributed by atoms with Gasteiger partial charge in [-0.3, -0.25) is 4.72 Å². The summed E-state index contributed by atoms with van der Waals surface area (Å²) in [4.78, 5) is 0. The second-order valence-corrected chi connectivity index (χ2v) is 6.15. The van der Waals surface area contributed by atoms with Gasteiger partial charge in [0.05, 0.1) is 11.9 Å². The van der Waals surface area contributed by atoms with Gasteiger partial charge in [-0.1, -0.05) is 24.3 Å². The van der Waals surface area contributed by atoms with Crippen molar-refractivity contribution in [1.82, 2.24) is 0 Å². The van der Waals surface area contributed by atoms with Crippen LogP contribution in [0.15, 0.2) is 48.5 Å². The lowest BCUT2D eigenvalue weighted by Crippen LogP contribution is -2.09. The molecule has 20 heavy (non-hydrogen) atoms. The van der Waals surface area contributed by atoms with Crippen molar-refractivity contribution in [2.75, 3.05) is 16.3 Å². The molecule has 0 aliphatic heterocycles. The SMILES string of the molecule is CS(=O)(=O)Nc1cccc(NCc2ccccc2F)c1. The second kappa shape index (κ2) is 5.92. The van der Waals surface area contributed by atoms with Crippen LogP contribution in [0.4, 0.5) is 15.8 Å². The highest BCUT2D eigenvalue weighted by Gasteiger charge is 2.03. The molecule has 2 aromatic carbocycles. The Bertz CT molecular complexity index is 702. The lowest BCUT2D eigenvalue weighted by atomic mass is 10.2. The monoisotopic (exact) mass is 294 g/mol. The highest BCUT2D eigenvalue weighted by Crippen LogP contribution is 2.17. The van der Waals surface area contributed by atoms with Crippen LogP contribution in [0.25, 0.3) is 0 Å². The lowest BCUT2D eigenvalue weighted by molar-refractivity contribution is 0.607. The van der Waals surface area contributed by atoms with E-state index in [9.17, 15) is 12.8 Å². The molecule has 0 aromatic heterocycles. The summed E-state index contributed by atoms with van der Waals surface area (Å²) in [5.74, 6) is -0.273. The maximum atomic E-state index is 13.5. The van der Waals surface area contributed by atoms with Crippen LogP contribution in [0.3, 0.4) is 0 Å². The quantitative estimate of drug-likeness (QED) is 0.891. The van der Waals surface area contributed by atoms with Gasteiger partial charge in [0.15, 0.2) is 0 Å². The number of nitrogens with one attached hydrogen (secondary N) is 2. The third-order valence-corrected chi connectivity index (χ3v) is 3.21. The number of sulfonamides is 1. The predicted octanol–water partition coefficient (Wildman–Crippen LogP) is 2.81. The van der Waals surface area contributed by atoms with Crippen LogP contribution < -0.4 is 10.0 Å². The van der Waals surface area contributed by atoms with Gasteiger partial charge in [-0.05, 0) is 24.3 Å². The largest absolute Gasteiger partial charge is 0.381 e. The van der Waals surface area contributed by atoms with Gasteiger partial charge in [-0.2, -0.15) is 0 Å². The summed E-state index contributed by atoms with van der Waals surface area (Å²) in [6.45, 7) is 0.328. The first-order chi connectivity index (χ1) is 9.44. The van der Waals surface area contributed by atoms with Crippen LogP contribution in [-0.4, -0.2) is 14.7 Å². The number of benzene rings is 2. The van der Waals surface area contributed by atoms with Crippen molar-refractivity contribution < 1.29 is 12.8 Å². The molecule has 0 bridgehead atoms. The van der Waals surface area contributed by atoms with Crippen LogP contribution in [-0.2, 0) is 16.6 Å². The minimum Gasteiger partial charge on any atom is -0.381 e. The van der Waals surface area contributed by atoms with E-state index in [1.807, 2.05) is 0 Å². The van der Waals surface area contributed by atoms with Crippen molar-refractivity contribution in [3.05, 3.63) is 59.9 Å². The zero-order valence-corrected chi connectivity index (χ0v) is 11.7. The third kappa shape index (κ3) is 4.24. The van der Waals surface area contributed by atoms with Crippen LogP contribution in [0, 0.1) is 5.82 Å². The summed E-state index contributed by atoms with van der Waals surface area (Å²) < 4.78 is 38.2. The number of hydrogen-bond acceptors (Lipinski definition) is 3. The molecule has 0 aliphatic carbocycles. The standard InChI is InChI=1S/C14H15FN2O2S/c1-20(18,19)17-13-7-4-6-12(9-13)16-10-11-5-2-3-8-14(11)15/h2-9,16-17H,10H2,1H3. The van der Waals surface area contributed by atoms with Gasteiger partial charge in [-0.25, -0.2) is 12.8 Å². The second-order valence-electron chi connectivity index (χ2n) is 4.40. The molecule has 0 amide bonds. The van der Waals surface area contributed by atoms with Crippen LogP contribution in [0.2, 0.25) is 0 Å². The van der Waals surface area contributed by atoms with Crippen LogP contribution in [0.5, 0.6) is 0 Å². The van der Waals surface area contributed by atoms with E-state index in [2.05, 4.69) is 10.0 Å². The molecule has 2 aromatic rings. The Morgan fingerprint density at radius 3 is 2.45 bits per heavy atom. The molecule has 0 heterocycles. The molecule has 2 rings (SSSR count). The molecule has 0 aliphatic rings. The number of hydrogen-bond donors (Lipinski definition) is 2. The molecule has 0 spiro atoms. The Kier molecular flexibility index (Phi) is 4.24. The van der Waals surface area contributed by atoms with E-state index in [-0.39, 0.29) is 5.82 Å². The zero-order chi connectivity index (χ0) is 14.6. The Morgan fingerprint density at radius 2 is 1.75 bits per heavy atom. The smallest absolute Gasteiger partial charge is 0.229 e. The molecule has 4 nitrogen and oxygen atoms in total. The first-order valence-electron chi connectivity index (χ1n) is 5.99. The average molecular weight is 294 g/mol. The van der Waals surface area contributed by atoms with Crippen molar-refractivity contribution in [3.8, 4) is 0 Å². The summed E-state index contributed by atoms with van der Waals surface area (Å²) in [5.41, 5.74) is 1.72. The van der Waals surface area contributed by atoms with Gasteiger partial charge in [0.2, 0.25) is 10.0 Å². The third-order valence-electron chi connectivity index (χ3n) is 2.61. The van der Waals surface area contributed by atoms with E-state index < -0.39 is 10.0 Å². The molecule has 0 saturated carbocycles. The molecule has 0 saturated heterocycles. The Morgan fingerprint density at radius 1 is 1.05 bits per heavy atom. The lowest BCUT2D eigenvalue weighted by Gasteiger charge is -2.09. The highest BCUT2D eigenvalue weighted by atomic mass is 32.2. The normalized spacial score (nSPS) is 11.1. The molecule has 106 valence electrons. The summed E-state index contributed by atoms with van der Waals surface area (Å²) in [6.07, 6.45) is 1.09. The van der Waals surface area contributed by atoms with Crippen LogP contribution >= 0.6 is 0 Å². The fourth-order valence-corrected chi connectivity index (χ4v) is 2.30. The predicted molar refractivity (Wildman–Crippen MR) is 78.6 cm³/mol. The van der Waals surface area contributed by atoms with E-state index in [0.29, 0.717) is 23.5 Å². The van der Waals surface area contributed by atoms with Crippen molar-refractivity contribution >= 4 is 21.4 Å². The van der Waals surface area contributed by atoms with Gasteiger partial charge < -0.3 is 5.32 Å². The van der Waals surface area contributed by atoms with Crippen molar-refractivity contribution in [2.45, 2.75) is 6.54 Å². The molecular formula is C14H15FN2O2S. The Balaban J connectivity index is 2.07. The van der Waals surface area contributed by atoms with Gasteiger partial charge in [0.25, 0.3) is 0 Å². The molecule has 6 heteroatoms. The first-order valence-corrected chi connectivity index (χ1v) is 7.88. The molecule has 0 fully saturated rings. The first kappa shape index (κ1) is 14.3. The molecule has 0 atom stereocenters. The maximum Gasteiger partial charge on any atom is 0.229 e.